The second kappa shape index (κ2) is 8.67. The van der Waals surface area contributed by atoms with Gasteiger partial charge in [-0.05, 0) is 48.9 Å². The molecule has 1 heterocycles. The number of carbonyl (C=O) groups is 1. The van der Waals surface area contributed by atoms with E-state index >= 15 is 0 Å². The number of benzene rings is 2. The second-order valence-electron chi connectivity index (χ2n) is 6.34. The van der Waals surface area contributed by atoms with Crippen LogP contribution in [0.5, 0.6) is 5.75 Å². The number of anilines is 1. The number of ether oxygens (including phenoxy) is 1. The lowest BCUT2D eigenvalue weighted by Gasteiger charge is -2.36. The van der Waals surface area contributed by atoms with E-state index < -0.39 is 5.97 Å². The largest absolute Gasteiger partial charge is 0.494 e. The van der Waals surface area contributed by atoms with Gasteiger partial charge in [0.2, 0.25) is 0 Å². The third-order valence-electron chi connectivity index (χ3n) is 4.53. The molecule has 2 aromatic rings. The van der Waals surface area contributed by atoms with Crippen LogP contribution < -0.4 is 9.64 Å². The van der Waals surface area contributed by atoms with Crippen LogP contribution in [0.25, 0.3) is 0 Å². The van der Waals surface area contributed by atoms with Crippen molar-refractivity contribution in [2.45, 2.75) is 6.42 Å². The molecule has 2 aromatic carbocycles. The third-order valence-corrected chi connectivity index (χ3v) is 4.53. The van der Waals surface area contributed by atoms with Crippen LogP contribution in [0.3, 0.4) is 0 Å². The molecule has 3 rings (SSSR count). The number of piperazine rings is 1. The highest BCUT2D eigenvalue weighted by atomic mass is 19.1. The predicted molar refractivity (Wildman–Crippen MR) is 98.6 cm³/mol. The molecular formula is C20H23FN2O3. The highest BCUT2D eigenvalue weighted by Gasteiger charge is 2.16. The van der Waals surface area contributed by atoms with Gasteiger partial charge in [-0.15, -0.1) is 0 Å². The number of nitrogens with zero attached hydrogens (tertiary/aromatic N) is 2. The summed E-state index contributed by atoms with van der Waals surface area (Å²) in [5.41, 5.74) is 1.30. The Bertz CT molecular complexity index is 728. The van der Waals surface area contributed by atoms with Crippen LogP contribution in [0.1, 0.15) is 16.8 Å². The fourth-order valence-electron chi connectivity index (χ4n) is 3.08. The van der Waals surface area contributed by atoms with Crippen LogP contribution in [0.4, 0.5) is 10.1 Å². The van der Waals surface area contributed by atoms with Crippen molar-refractivity contribution in [3.63, 3.8) is 0 Å². The van der Waals surface area contributed by atoms with Gasteiger partial charge in [-0.3, -0.25) is 4.90 Å². The van der Waals surface area contributed by atoms with Gasteiger partial charge in [0.15, 0.2) is 0 Å². The van der Waals surface area contributed by atoms with Gasteiger partial charge in [-0.2, -0.15) is 0 Å². The number of hydrogen-bond donors (Lipinski definition) is 1. The van der Waals surface area contributed by atoms with Gasteiger partial charge in [0, 0.05) is 38.4 Å². The molecule has 26 heavy (non-hydrogen) atoms. The maximum absolute atomic E-state index is 13.0. The second-order valence-corrected chi connectivity index (χ2v) is 6.34. The lowest BCUT2D eigenvalue weighted by Crippen LogP contribution is -2.46. The number of aromatic carboxylic acids is 1. The standard InChI is InChI=1S/C20H23FN2O3/c21-17-5-7-18(8-6-17)23-12-10-22(11-13-23)9-2-14-26-19-4-1-3-16(15-19)20(24)25/h1,3-8,15H,2,9-14H2,(H,24,25). The number of hydrogen-bond acceptors (Lipinski definition) is 4. The molecule has 0 amide bonds. The molecular weight excluding hydrogens is 335 g/mol. The van der Waals surface area contributed by atoms with Gasteiger partial charge in [0.1, 0.15) is 11.6 Å². The first-order valence-electron chi connectivity index (χ1n) is 8.81. The zero-order valence-electron chi connectivity index (χ0n) is 14.6. The van der Waals surface area contributed by atoms with Crippen LogP contribution in [0, 0.1) is 5.82 Å². The Morgan fingerprint density at radius 2 is 1.81 bits per heavy atom. The molecule has 0 spiro atoms. The summed E-state index contributed by atoms with van der Waals surface area (Å²) in [5.74, 6) is -0.568. The Hall–Kier alpha value is -2.60. The fraction of sp³-hybridized carbons (Fsp3) is 0.350. The van der Waals surface area contributed by atoms with Crippen molar-refractivity contribution in [3.8, 4) is 5.75 Å². The fourth-order valence-corrected chi connectivity index (χ4v) is 3.08. The van der Waals surface area contributed by atoms with Gasteiger partial charge < -0.3 is 14.7 Å². The van der Waals surface area contributed by atoms with Crippen LogP contribution in [-0.4, -0.2) is 55.3 Å². The van der Waals surface area contributed by atoms with Crippen molar-refractivity contribution < 1.29 is 19.0 Å². The van der Waals surface area contributed by atoms with Crippen molar-refractivity contribution in [1.29, 1.82) is 0 Å². The minimum Gasteiger partial charge on any atom is -0.494 e. The van der Waals surface area contributed by atoms with E-state index in [9.17, 15) is 9.18 Å². The third kappa shape index (κ3) is 4.95. The number of carboxylic acids is 1. The summed E-state index contributed by atoms with van der Waals surface area (Å²) >= 11 is 0. The molecule has 0 radical (unpaired) electrons. The Morgan fingerprint density at radius 3 is 2.50 bits per heavy atom. The number of halogens is 1. The molecule has 6 heteroatoms. The zero-order valence-corrected chi connectivity index (χ0v) is 14.6. The normalized spacial score (nSPS) is 15.0. The van der Waals surface area contributed by atoms with E-state index in [1.165, 1.54) is 12.1 Å². The van der Waals surface area contributed by atoms with Crippen molar-refractivity contribution in [1.82, 2.24) is 4.90 Å². The molecule has 0 atom stereocenters. The Morgan fingerprint density at radius 1 is 1.08 bits per heavy atom. The lowest BCUT2D eigenvalue weighted by atomic mass is 10.2. The Balaban J connectivity index is 1.37. The summed E-state index contributed by atoms with van der Waals surface area (Å²) in [5, 5.41) is 8.98. The first kappa shape index (κ1) is 18.2. The molecule has 0 aliphatic carbocycles. The molecule has 1 saturated heterocycles. The van der Waals surface area contributed by atoms with Gasteiger partial charge in [-0.1, -0.05) is 6.07 Å². The summed E-state index contributed by atoms with van der Waals surface area (Å²) in [6, 6.07) is 13.2. The summed E-state index contributed by atoms with van der Waals surface area (Å²) in [6.45, 7) is 5.27. The van der Waals surface area contributed by atoms with E-state index in [0.29, 0.717) is 12.4 Å². The van der Waals surface area contributed by atoms with E-state index in [1.807, 2.05) is 12.1 Å². The monoisotopic (exact) mass is 358 g/mol. The molecule has 138 valence electrons. The zero-order chi connectivity index (χ0) is 18.4. The van der Waals surface area contributed by atoms with Gasteiger partial charge in [-0.25, -0.2) is 9.18 Å². The predicted octanol–water partition coefficient (Wildman–Crippen LogP) is 3.12. The summed E-state index contributed by atoms with van der Waals surface area (Å²) < 4.78 is 18.7. The van der Waals surface area contributed by atoms with Crippen molar-refractivity contribution in [2.24, 2.45) is 0 Å². The average molecular weight is 358 g/mol. The highest BCUT2D eigenvalue weighted by molar-refractivity contribution is 5.87. The maximum Gasteiger partial charge on any atom is 0.335 e. The van der Waals surface area contributed by atoms with Crippen LogP contribution in [0.15, 0.2) is 48.5 Å². The molecule has 0 bridgehead atoms. The molecule has 1 aliphatic rings. The van der Waals surface area contributed by atoms with Crippen molar-refractivity contribution in [3.05, 3.63) is 59.9 Å². The highest BCUT2D eigenvalue weighted by Crippen LogP contribution is 2.17. The molecule has 1 aliphatic heterocycles. The van der Waals surface area contributed by atoms with Crippen molar-refractivity contribution >= 4 is 11.7 Å². The van der Waals surface area contributed by atoms with Crippen molar-refractivity contribution in [2.75, 3.05) is 44.2 Å². The lowest BCUT2D eigenvalue weighted by molar-refractivity contribution is 0.0696. The summed E-state index contributed by atoms with van der Waals surface area (Å²) in [6.07, 6.45) is 0.883. The molecule has 1 fully saturated rings. The first-order valence-corrected chi connectivity index (χ1v) is 8.81. The Labute approximate surface area is 152 Å². The molecule has 5 nitrogen and oxygen atoms in total. The smallest absolute Gasteiger partial charge is 0.335 e. The number of rotatable bonds is 7. The molecule has 0 unspecified atom stereocenters. The van der Waals surface area contributed by atoms with E-state index in [2.05, 4.69) is 9.80 Å². The van der Waals surface area contributed by atoms with E-state index in [-0.39, 0.29) is 11.4 Å². The topological polar surface area (TPSA) is 53.0 Å². The molecule has 1 N–H and O–H groups in total. The number of carboxylic acid groups (broad SMARTS) is 1. The van der Waals surface area contributed by atoms with Crippen LogP contribution >= 0.6 is 0 Å². The van der Waals surface area contributed by atoms with Crippen LogP contribution in [-0.2, 0) is 0 Å². The van der Waals surface area contributed by atoms with E-state index in [1.54, 1.807) is 24.3 Å². The van der Waals surface area contributed by atoms with E-state index in [0.717, 1.165) is 44.8 Å². The van der Waals surface area contributed by atoms with Gasteiger partial charge in [0.25, 0.3) is 0 Å². The maximum atomic E-state index is 13.0. The summed E-state index contributed by atoms with van der Waals surface area (Å²) in [4.78, 5) is 15.6. The van der Waals surface area contributed by atoms with Gasteiger partial charge in [0.05, 0.1) is 12.2 Å². The molecule has 0 saturated carbocycles. The summed E-state index contributed by atoms with van der Waals surface area (Å²) in [7, 11) is 0. The SMILES string of the molecule is O=C(O)c1cccc(OCCCN2CCN(c3ccc(F)cc3)CC2)c1. The van der Waals surface area contributed by atoms with Crippen LogP contribution in [0.2, 0.25) is 0 Å². The van der Waals surface area contributed by atoms with Gasteiger partial charge >= 0.3 is 5.97 Å². The minimum absolute atomic E-state index is 0.207. The minimum atomic E-state index is -0.950. The Kier molecular flexibility index (Phi) is 6.07. The van der Waals surface area contributed by atoms with E-state index in [4.69, 9.17) is 9.84 Å². The average Bonchev–Trinajstić information content (AvgIpc) is 2.67. The quantitative estimate of drug-likeness (QED) is 0.771. The first-order chi connectivity index (χ1) is 12.6. The molecule has 0 aromatic heterocycles.